The third-order valence-corrected chi connectivity index (χ3v) is 2.26. The maximum Gasteiger partial charge on any atom is 0.153 e. The van der Waals surface area contributed by atoms with Gasteiger partial charge in [0.15, 0.2) is 6.29 Å². The summed E-state index contributed by atoms with van der Waals surface area (Å²) in [5, 5.41) is 12.2. The number of phenols is 1. The molecule has 0 bridgehead atoms. The number of para-hydroxylation sites is 1. The maximum absolute atomic E-state index is 10.4. The predicted molar refractivity (Wildman–Crippen MR) is 62.0 cm³/mol. The average Bonchev–Trinajstić information content (AvgIpc) is 2.16. The van der Waals surface area contributed by atoms with Crippen LogP contribution in [-0.4, -0.2) is 11.4 Å². The van der Waals surface area contributed by atoms with Crippen molar-refractivity contribution < 1.29 is 9.90 Å². The van der Waals surface area contributed by atoms with Crippen LogP contribution in [-0.2, 0) is 0 Å². The van der Waals surface area contributed by atoms with Crippen molar-refractivity contribution in [1.29, 1.82) is 0 Å². The summed E-state index contributed by atoms with van der Waals surface area (Å²) in [6, 6.07) is 4.90. The molecule has 0 atom stereocenters. The fourth-order valence-electron chi connectivity index (χ4n) is 0.832. The van der Waals surface area contributed by atoms with Crippen molar-refractivity contribution in [3.05, 3.63) is 29.3 Å². The third-order valence-electron chi connectivity index (χ3n) is 1.42. The third kappa shape index (κ3) is 2.64. The molecular weight excluding hydrogens is 299 g/mol. The lowest BCUT2D eigenvalue weighted by Gasteiger charge is -1.98. The molecular formula is C9H5IO2S. The maximum atomic E-state index is 10.4. The highest BCUT2D eigenvalue weighted by molar-refractivity contribution is 14.2. The first-order chi connectivity index (χ1) is 6.29. The number of aldehydes is 1. The molecule has 0 saturated carbocycles. The molecule has 2 nitrogen and oxygen atoms in total. The second kappa shape index (κ2) is 5.14. The van der Waals surface area contributed by atoms with Crippen LogP contribution in [0.25, 0.3) is 0 Å². The minimum Gasteiger partial charge on any atom is -0.506 e. The number of rotatable bonds is 1. The molecule has 13 heavy (non-hydrogen) atoms. The summed E-state index contributed by atoms with van der Waals surface area (Å²) in [6.07, 6.45) is 0.609. The van der Waals surface area contributed by atoms with E-state index in [4.69, 9.17) is 0 Å². The van der Waals surface area contributed by atoms with Crippen LogP contribution in [0.15, 0.2) is 18.2 Å². The molecule has 1 aromatic rings. The summed E-state index contributed by atoms with van der Waals surface area (Å²) in [4.78, 5) is 10.4. The molecule has 1 aromatic carbocycles. The Morgan fingerprint density at radius 1 is 1.54 bits per heavy atom. The summed E-state index contributed by atoms with van der Waals surface area (Å²) < 4.78 is 0. The van der Waals surface area contributed by atoms with E-state index in [1.54, 1.807) is 18.2 Å². The highest BCUT2D eigenvalue weighted by Gasteiger charge is 2.02. The van der Waals surface area contributed by atoms with Gasteiger partial charge in [-0.1, -0.05) is 12.0 Å². The van der Waals surface area contributed by atoms with E-state index in [1.807, 2.05) is 21.2 Å². The van der Waals surface area contributed by atoms with Crippen molar-refractivity contribution in [3.8, 4) is 16.9 Å². The van der Waals surface area contributed by atoms with Gasteiger partial charge >= 0.3 is 0 Å². The van der Waals surface area contributed by atoms with E-state index < -0.39 is 0 Å². The van der Waals surface area contributed by atoms with E-state index in [0.29, 0.717) is 11.8 Å². The molecule has 0 aliphatic rings. The zero-order valence-electron chi connectivity index (χ0n) is 6.45. The Morgan fingerprint density at radius 2 is 2.31 bits per heavy atom. The number of benzene rings is 1. The summed E-state index contributed by atoms with van der Waals surface area (Å²) in [5.41, 5.74) is 0.749. The topological polar surface area (TPSA) is 37.3 Å². The summed E-state index contributed by atoms with van der Waals surface area (Å²) >= 11 is 2.04. The van der Waals surface area contributed by atoms with E-state index in [9.17, 15) is 9.90 Å². The first-order valence-corrected chi connectivity index (χ1v) is 6.71. The quantitative estimate of drug-likeness (QED) is 0.492. The second-order valence-corrected chi connectivity index (χ2v) is 3.85. The summed E-state index contributed by atoms with van der Waals surface area (Å²) in [5.74, 6) is 2.69. The molecule has 1 rings (SSSR count). The number of halogens is 1. The molecule has 0 heterocycles. The van der Waals surface area contributed by atoms with E-state index in [2.05, 4.69) is 11.2 Å². The molecule has 0 aliphatic heterocycles. The number of carbonyl (C=O) groups excluding carboxylic acids is 1. The van der Waals surface area contributed by atoms with E-state index in [-0.39, 0.29) is 11.3 Å². The molecule has 0 amide bonds. The van der Waals surface area contributed by atoms with Gasteiger partial charge in [-0.15, -0.1) is 0 Å². The van der Waals surface area contributed by atoms with Crippen LogP contribution in [0.5, 0.6) is 5.75 Å². The van der Waals surface area contributed by atoms with Gasteiger partial charge in [0.2, 0.25) is 0 Å². The van der Waals surface area contributed by atoms with Crippen LogP contribution in [0, 0.1) is 11.2 Å². The number of hydrogen-bond donors (Lipinski definition) is 1. The molecule has 4 heteroatoms. The van der Waals surface area contributed by atoms with E-state index in [0.717, 1.165) is 0 Å². The van der Waals surface area contributed by atoms with Gasteiger partial charge in [0.1, 0.15) is 5.75 Å². The van der Waals surface area contributed by atoms with Crippen LogP contribution >= 0.6 is 30.1 Å². The normalized spacial score (nSPS) is 8.69. The van der Waals surface area contributed by atoms with Crippen LogP contribution in [0.2, 0.25) is 0 Å². The minimum absolute atomic E-state index is 0.0459. The van der Waals surface area contributed by atoms with Gasteiger partial charge in [-0.25, -0.2) is 0 Å². The molecule has 0 aliphatic carbocycles. The van der Waals surface area contributed by atoms with Gasteiger partial charge in [-0.3, -0.25) is 4.79 Å². The van der Waals surface area contributed by atoms with Crippen LogP contribution in [0.3, 0.4) is 0 Å². The molecule has 1 N–H and O–H groups in total. The SMILES string of the molecule is O=Cc1cccc(C#CSI)c1O. The highest BCUT2D eigenvalue weighted by atomic mass is 127. The number of phenolic OH excluding ortho intramolecular Hbond substituents is 1. The smallest absolute Gasteiger partial charge is 0.153 e. The lowest BCUT2D eigenvalue weighted by atomic mass is 10.1. The van der Waals surface area contributed by atoms with Gasteiger partial charge in [-0.05, 0) is 26.3 Å². The molecule has 66 valence electrons. The van der Waals surface area contributed by atoms with Crippen LogP contribution < -0.4 is 0 Å². The standard InChI is InChI=1S/C9H5IO2S/c10-13-5-4-7-2-1-3-8(6-11)9(7)12/h1-3,6,12H. The Bertz CT molecular complexity index is 379. The van der Waals surface area contributed by atoms with Crippen molar-refractivity contribution in [3.63, 3.8) is 0 Å². The Balaban J connectivity index is 3.15. The first-order valence-electron chi connectivity index (χ1n) is 3.35. The lowest BCUT2D eigenvalue weighted by Crippen LogP contribution is -1.84. The van der Waals surface area contributed by atoms with Crippen molar-refractivity contribution in [2.75, 3.05) is 0 Å². The Morgan fingerprint density at radius 3 is 2.92 bits per heavy atom. The Labute approximate surface area is 92.3 Å². The minimum atomic E-state index is -0.0459. The van der Waals surface area contributed by atoms with Gasteiger partial charge in [-0.2, -0.15) is 0 Å². The van der Waals surface area contributed by atoms with E-state index >= 15 is 0 Å². The Kier molecular flexibility index (Phi) is 4.12. The van der Waals surface area contributed by atoms with Crippen molar-refractivity contribution >= 4 is 36.4 Å². The van der Waals surface area contributed by atoms with Crippen molar-refractivity contribution in [1.82, 2.24) is 0 Å². The fraction of sp³-hybridized carbons (Fsp3) is 0. The summed E-state index contributed by atoms with van der Waals surface area (Å²) in [7, 11) is 1.33. The fourth-order valence-corrected chi connectivity index (χ4v) is 1.31. The Hall–Kier alpha value is -0.670. The molecule has 0 aromatic heterocycles. The van der Waals surface area contributed by atoms with Crippen LogP contribution in [0.4, 0.5) is 0 Å². The van der Waals surface area contributed by atoms with E-state index in [1.165, 1.54) is 8.93 Å². The molecule has 0 unspecified atom stereocenters. The average molecular weight is 304 g/mol. The van der Waals surface area contributed by atoms with Gasteiger partial charge in [0.25, 0.3) is 0 Å². The molecule has 0 spiro atoms. The van der Waals surface area contributed by atoms with Crippen molar-refractivity contribution in [2.24, 2.45) is 0 Å². The highest BCUT2D eigenvalue weighted by Crippen LogP contribution is 2.20. The number of hydrogen-bond acceptors (Lipinski definition) is 3. The number of aromatic hydroxyl groups is 1. The monoisotopic (exact) mass is 304 g/mol. The predicted octanol–water partition coefficient (Wildman–Crippen LogP) is 2.60. The molecule has 0 fully saturated rings. The summed E-state index contributed by atoms with van der Waals surface area (Å²) in [6.45, 7) is 0. The van der Waals surface area contributed by atoms with Gasteiger partial charge < -0.3 is 5.11 Å². The molecule has 0 radical (unpaired) electrons. The largest absolute Gasteiger partial charge is 0.506 e. The second-order valence-electron chi connectivity index (χ2n) is 2.17. The number of carbonyl (C=O) groups is 1. The van der Waals surface area contributed by atoms with Gasteiger partial charge in [0.05, 0.1) is 11.1 Å². The van der Waals surface area contributed by atoms with Crippen molar-refractivity contribution in [2.45, 2.75) is 0 Å². The van der Waals surface area contributed by atoms with Gasteiger partial charge in [0, 0.05) is 21.2 Å². The molecule has 0 saturated heterocycles. The first kappa shape index (κ1) is 10.4. The zero-order chi connectivity index (χ0) is 9.68. The lowest BCUT2D eigenvalue weighted by molar-refractivity contribution is 0.112. The zero-order valence-corrected chi connectivity index (χ0v) is 9.43. The van der Waals surface area contributed by atoms with Crippen LogP contribution in [0.1, 0.15) is 15.9 Å².